The molecule has 0 bridgehead atoms. The lowest BCUT2D eigenvalue weighted by atomic mass is 10.1. The Kier molecular flexibility index (Phi) is 8.05. The highest BCUT2D eigenvalue weighted by atomic mass is 16.5. The Bertz CT molecular complexity index is 132. The predicted molar refractivity (Wildman–Crippen MR) is 57.7 cm³/mol. The molecule has 0 spiro atoms. The number of hydrogen-bond acceptors (Lipinski definition) is 2. The fraction of sp³-hybridized carbons (Fsp3) is 0.818. The Hall–Kier alpha value is -0.340. The molecule has 0 aromatic carbocycles. The first-order chi connectivity index (χ1) is 6.16. The van der Waals surface area contributed by atoms with E-state index in [9.17, 15) is 0 Å². The lowest BCUT2D eigenvalue weighted by Crippen LogP contribution is -2.17. The normalized spacial score (nSPS) is 14.2. The van der Waals surface area contributed by atoms with Crippen LogP contribution >= 0.6 is 0 Å². The van der Waals surface area contributed by atoms with Crippen molar-refractivity contribution in [2.75, 3.05) is 13.2 Å². The van der Waals surface area contributed by atoms with Crippen LogP contribution in [0, 0.1) is 5.92 Å². The summed E-state index contributed by atoms with van der Waals surface area (Å²) in [7, 11) is 0. The van der Waals surface area contributed by atoms with Gasteiger partial charge in [-0.2, -0.15) is 0 Å². The summed E-state index contributed by atoms with van der Waals surface area (Å²) in [4.78, 5) is 0. The van der Waals surface area contributed by atoms with Gasteiger partial charge in [-0.1, -0.05) is 26.0 Å². The Morgan fingerprint density at radius 3 is 2.54 bits per heavy atom. The first kappa shape index (κ1) is 12.7. The zero-order valence-electron chi connectivity index (χ0n) is 9.12. The van der Waals surface area contributed by atoms with E-state index in [1.807, 2.05) is 6.92 Å². The number of ether oxygens (including phenoxy) is 1. The van der Waals surface area contributed by atoms with E-state index in [2.05, 4.69) is 26.0 Å². The lowest BCUT2D eigenvalue weighted by Gasteiger charge is -2.06. The van der Waals surface area contributed by atoms with Crippen molar-refractivity contribution in [2.45, 2.75) is 39.7 Å². The second kappa shape index (κ2) is 8.27. The van der Waals surface area contributed by atoms with E-state index in [4.69, 9.17) is 10.5 Å². The monoisotopic (exact) mass is 185 g/mol. The smallest absolute Gasteiger partial charge is 0.0466 e. The molecule has 0 saturated carbocycles. The molecule has 2 heteroatoms. The fourth-order valence-electron chi connectivity index (χ4n) is 1.03. The largest absolute Gasteiger partial charge is 0.382 e. The van der Waals surface area contributed by atoms with Crippen LogP contribution in [-0.4, -0.2) is 19.3 Å². The lowest BCUT2D eigenvalue weighted by molar-refractivity contribution is 0.143. The van der Waals surface area contributed by atoms with Gasteiger partial charge in [0.1, 0.15) is 0 Å². The fourth-order valence-corrected chi connectivity index (χ4v) is 1.03. The third kappa shape index (κ3) is 9.57. The molecule has 1 unspecified atom stereocenters. The molecule has 0 aliphatic heterocycles. The van der Waals surface area contributed by atoms with Crippen LogP contribution in [-0.2, 0) is 4.74 Å². The average molecular weight is 185 g/mol. The van der Waals surface area contributed by atoms with E-state index >= 15 is 0 Å². The van der Waals surface area contributed by atoms with E-state index in [0.29, 0.717) is 5.92 Å². The maximum Gasteiger partial charge on any atom is 0.0466 e. The van der Waals surface area contributed by atoms with Crippen LogP contribution < -0.4 is 5.73 Å². The molecule has 0 aromatic heterocycles. The van der Waals surface area contributed by atoms with Gasteiger partial charge in [-0.3, -0.25) is 0 Å². The summed E-state index contributed by atoms with van der Waals surface area (Å²) in [5.74, 6) is 0.595. The van der Waals surface area contributed by atoms with Crippen molar-refractivity contribution in [1.29, 1.82) is 0 Å². The highest BCUT2D eigenvalue weighted by Crippen LogP contribution is 2.00. The Morgan fingerprint density at radius 1 is 1.31 bits per heavy atom. The van der Waals surface area contributed by atoms with Gasteiger partial charge < -0.3 is 10.5 Å². The van der Waals surface area contributed by atoms with Crippen LogP contribution in [0.1, 0.15) is 33.6 Å². The van der Waals surface area contributed by atoms with Gasteiger partial charge in [0.25, 0.3) is 0 Å². The predicted octanol–water partition coefficient (Wildman–Crippen LogP) is 2.34. The molecule has 0 fully saturated rings. The third-order valence-electron chi connectivity index (χ3n) is 1.77. The van der Waals surface area contributed by atoms with Gasteiger partial charge in [-0.05, 0) is 25.7 Å². The summed E-state index contributed by atoms with van der Waals surface area (Å²) >= 11 is 0. The van der Waals surface area contributed by atoms with Crippen LogP contribution in [0.3, 0.4) is 0 Å². The SMILES string of the molecule is CCOCCCC(N)/C=C\C(C)C. The van der Waals surface area contributed by atoms with Crippen molar-refractivity contribution in [3.63, 3.8) is 0 Å². The highest BCUT2D eigenvalue weighted by Gasteiger charge is 1.97. The molecular formula is C11H23NO. The number of rotatable bonds is 7. The van der Waals surface area contributed by atoms with Gasteiger partial charge >= 0.3 is 0 Å². The Balaban J connectivity index is 3.34. The molecule has 0 amide bonds. The third-order valence-corrected chi connectivity index (χ3v) is 1.77. The van der Waals surface area contributed by atoms with E-state index in [1.54, 1.807) is 0 Å². The van der Waals surface area contributed by atoms with Gasteiger partial charge in [0.15, 0.2) is 0 Å². The van der Waals surface area contributed by atoms with Crippen molar-refractivity contribution in [3.8, 4) is 0 Å². The topological polar surface area (TPSA) is 35.2 Å². The maximum absolute atomic E-state index is 5.86. The molecule has 13 heavy (non-hydrogen) atoms. The summed E-state index contributed by atoms with van der Waals surface area (Å²) in [5, 5.41) is 0. The second-order valence-electron chi connectivity index (χ2n) is 3.63. The summed E-state index contributed by atoms with van der Waals surface area (Å²) in [6, 6.07) is 0.197. The zero-order valence-corrected chi connectivity index (χ0v) is 9.12. The minimum atomic E-state index is 0.197. The summed E-state index contributed by atoms with van der Waals surface area (Å²) in [6.45, 7) is 7.96. The maximum atomic E-state index is 5.86. The molecule has 0 saturated heterocycles. The van der Waals surface area contributed by atoms with Crippen molar-refractivity contribution in [3.05, 3.63) is 12.2 Å². The van der Waals surface area contributed by atoms with E-state index in [-0.39, 0.29) is 6.04 Å². The first-order valence-electron chi connectivity index (χ1n) is 5.18. The summed E-state index contributed by atoms with van der Waals surface area (Å²) < 4.78 is 5.23. The van der Waals surface area contributed by atoms with Gasteiger partial charge in [0.2, 0.25) is 0 Å². The van der Waals surface area contributed by atoms with E-state index in [1.165, 1.54) is 0 Å². The van der Waals surface area contributed by atoms with E-state index in [0.717, 1.165) is 26.1 Å². The Morgan fingerprint density at radius 2 is 2.00 bits per heavy atom. The molecule has 0 aliphatic carbocycles. The molecule has 0 heterocycles. The molecule has 2 N–H and O–H groups in total. The minimum absolute atomic E-state index is 0.197. The quantitative estimate of drug-likeness (QED) is 0.488. The number of hydrogen-bond donors (Lipinski definition) is 1. The molecular weight excluding hydrogens is 162 g/mol. The first-order valence-corrected chi connectivity index (χ1v) is 5.18. The molecule has 0 aromatic rings. The number of nitrogens with two attached hydrogens (primary N) is 1. The average Bonchev–Trinajstić information content (AvgIpc) is 2.09. The molecule has 78 valence electrons. The molecule has 0 rings (SSSR count). The van der Waals surface area contributed by atoms with Crippen LogP contribution in [0.2, 0.25) is 0 Å². The molecule has 1 atom stereocenters. The minimum Gasteiger partial charge on any atom is -0.382 e. The van der Waals surface area contributed by atoms with Crippen molar-refractivity contribution < 1.29 is 4.74 Å². The van der Waals surface area contributed by atoms with Gasteiger partial charge in [0, 0.05) is 19.3 Å². The van der Waals surface area contributed by atoms with Crippen LogP contribution in [0.4, 0.5) is 0 Å². The second-order valence-corrected chi connectivity index (χ2v) is 3.63. The van der Waals surface area contributed by atoms with Crippen molar-refractivity contribution in [2.24, 2.45) is 11.7 Å². The van der Waals surface area contributed by atoms with E-state index < -0.39 is 0 Å². The van der Waals surface area contributed by atoms with Gasteiger partial charge in [0.05, 0.1) is 0 Å². The highest BCUT2D eigenvalue weighted by molar-refractivity contribution is 4.92. The molecule has 0 radical (unpaired) electrons. The van der Waals surface area contributed by atoms with Crippen molar-refractivity contribution >= 4 is 0 Å². The summed E-state index contributed by atoms with van der Waals surface area (Å²) in [6.07, 6.45) is 6.32. The molecule has 2 nitrogen and oxygen atoms in total. The van der Waals surface area contributed by atoms with Crippen LogP contribution in [0.5, 0.6) is 0 Å². The van der Waals surface area contributed by atoms with Crippen LogP contribution in [0.25, 0.3) is 0 Å². The van der Waals surface area contributed by atoms with Crippen molar-refractivity contribution in [1.82, 2.24) is 0 Å². The standard InChI is InChI=1S/C11H23NO/c1-4-13-9-5-6-11(12)8-7-10(2)3/h7-8,10-11H,4-6,9,12H2,1-3H3/b8-7-. The van der Waals surface area contributed by atoms with Gasteiger partial charge in [-0.15, -0.1) is 0 Å². The molecule has 0 aliphatic rings. The van der Waals surface area contributed by atoms with Crippen LogP contribution in [0.15, 0.2) is 12.2 Å². The Labute approximate surface area is 82.2 Å². The zero-order chi connectivity index (χ0) is 10.1. The number of allylic oxidation sites excluding steroid dienone is 1. The van der Waals surface area contributed by atoms with Gasteiger partial charge in [-0.25, -0.2) is 0 Å². The summed E-state index contributed by atoms with van der Waals surface area (Å²) in [5.41, 5.74) is 5.86.